The van der Waals surface area contributed by atoms with Gasteiger partial charge in [-0.25, -0.2) is 4.98 Å². The lowest BCUT2D eigenvalue weighted by Gasteiger charge is -2.34. The molecule has 5 aromatic carbocycles. The van der Waals surface area contributed by atoms with E-state index < -0.39 is 51.7 Å². The standard InChI is InChI=1S/C30H23N5O5.C30H30N4O5.C29H30N4O5/c1-40-22-3-2-20-16-35(28(38)23(20)11-22)17-30(12-26(37)34-29(30)39)8-6-18-10-21(15-32-13-18)24-4-5-25(36)27(33-24)19-7-9-31-14-19;1-39-24-9-6-22-18-34(28(37)25(22)16-24)19-30(17-26(35)31-29(30)38)11-10-20-2-4-21(5-3-20)27(36)33-14-12-32(13-15-33)23-7-8-23;1-3-31-12-14-32(15-13-31)26(35)21-6-4-20(5-7-21)10-11-29(17-25(34)30-28(29)37)19-33-18-22-8-9-23(38-2)16-24(22)27(33)36/h2-5,7,10-11,13-15,36H,9,12,16-17H2,1H3,(H,34,37,39);2-6,9,16,23H,7-8,12-15,17-19H2,1H3,(H,31,35,38);4-9,16H,3,12-15,17-19H2,1-2H3,(H,30,34,37)/t2*30-;29-/m111/s1. The minimum Gasteiger partial charge on any atom is -0.506 e. The van der Waals surface area contributed by atoms with Crippen molar-refractivity contribution >= 4 is 76.8 Å². The maximum atomic E-state index is 13.2. The number of allylic oxidation sites excluding steroid dienone is 1. The average Bonchev–Trinajstić information content (AvgIpc) is 1.63. The molecule has 3 atom stereocenters. The number of aromatic hydroxyl groups is 1. The first-order valence-electron chi connectivity index (χ1n) is 38.6. The Labute approximate surface area is 674 Å². The predicted octanol–water partition coefficient (Wildman–Crippen LogP) is 5.54. The van der Waals surface area contributed by atoms with Gasteiger partial charge < -0.3 is 48.7 Å². The highest BCUT2D eigenvalue weighted by molar-refractivity contribution is 6.13. The van der Waals surface area contributed by atoms with E-state index >= 15 is 0 Å². The summed E-state index contributed by atoms with van der Waals surface area (Å²) in [6.07, 6.45) is 8.86. The van der Waals surface area contributed by atoms with Crippen molar-refractivity contribution in [3.8, 4) is 69.8 Å². The Hall–Kier alpha value is -13.6. The van der Waals surface area contributed by atoms with Gasteiger partial charge in [0.1, 0.15) is 44.9 Å². The third-order valence-corrected chi connectivity index (χ3v) is 22.6. The average molecular weight is 1570 g/mol. The number of benzene rings is 5. The molecule has 10 aliphatic rings. The molecule has 0 radical (unpaired) electrons. The number of rotatable bonds is 15. The predicted molar refractivity (Wildman–Crippen MR) is 426 cm³/mol. The lowest BCUT2D eigenvalue weighted by molar-refractivity contribution is -0.128. The lowest BCUT2D eigenvalue weighted by atomic mass is 9.85. The SMILES string of the molecule is CCN1CCN(C(=O)c2ccc(C#C[C@]3(CN4Cc5ccc(OC)cc5C4=O)CC(=O)NC3=O)cc2)CC1.COc1ccc2c(c1)C(=O)N(C[C@@]1(C#Cc3ccc(C(=O)N4CCN(C5CC5)CC4)cc3)CC(=O)NC1=O)C2.COc1ccc2c(c1)C(=O)N(C[C@@]1(C#Cc3cncc(-c4ccc(O)c(C5=CCN=C5)n4)c3)CC(=O)NC1=O)C2. The summed E-state index contributed by atoms with van der Waals surface area (Å²) in [7, 11) is 4.60. The second kappa shape index (κ2) is 33.1. The van der Waals surface area contributed by atoms with Crippen LogP contribution in [0, 0.1) is 51.8 Å². The molecule has 5 saturated heterocycles. The molecule has 9 aliphatic heterocycles. The van der Waals surface area contributed by atoms with E-state index in [9.17, 15) is 57.8 Å². The molecule has 1 aliphatic carbocycles. The lowest BCUT2D eigenvalue weighted by Crippen LogP contribution is -2.49. The number of aliphatic imine (C=N–C) groups is 1. The molecule has 4 N–H and O–H groups in total. The van der Waals surface area contributed by atoms with Gasteiger partial charge in [0.25, 0.3) is 29.5 Å². The number of nitrogens with one attached hydrogen (secondary N) is 3. The van der Waals surface area contributed by atoms with Crippen molar-refractivity contribution in [1.29, 1.82) is 0 Å². The minimum atomic E-state index is -1.41. The first-order valence-corrected chi connectivity index (χ1v) is 38.6. The Morgan fingerprint density at radius 2 is 0.923 bits per heavy atom. The number of hydrogen-bond donors (Lipinski definition) is 4. The van der Waals surface area contributed by atoms with E-state index in [1.165, 1.54) is 39.1 Å². The van der Waals surface area contributed by atoms with E-state index in [0.717, 1.165) is 68.1 Å². The molecule has 0 bridgehead atoms. The fraction of sp³-hybridized carbons (Fsp3) is 0.326. The van der Waals surface area contributed by atoms with Crippen LogP contribution in [0.1, 0.15) is 130 Å². The van der Waals surface area contributed by atoms with Gasteiger partial charge in [-0.1, -0.05) is 66.7 Å². The number of piperazine rings is 2. The molecule has 17 rings (SSSR count). The Morgan fingerprint density at radius 1 is 0.504 bits per heavy atom. The molecule has 0 unspecified atom stereocenters. The summed E-state index contributed by atoms with van der Waals surface area (Å²) in [6, 6.07) is 35.6. The first-order chi connectivity index (χ1) is 56.5. The van der Waals surface area contributed by atoms with Crippen LogP contribution in [0.2, 0.25) is 0 Å². The second-order valence-electron chi connectivity index (χ2n) is 30.3. The van der Waals surface area contributed by atoms with Crippen molar-refractivity contribution in [2.45, 2.75) is 64.7 Å². The number of fused-ring (bicyclic) bond motifs is 3. The van der Waals surface area contributed by atoms with Crippen molar-refractivity contribution in [2.24, 2.45) is 21.2 Å². The maximum absolute atomic E-state index is 13.2. The monoisotopic (exact) mass is 1570 g/mol. The number of methoxy groups -OCH3 is 3. The summed E-state index contributed by atoms with van der Waals surface area (Å²) < 4.78 is 15.7. The summed E-state index contributed by atoms with van der Waals surface area (Å²) in [4.78, 5) is 167. The smallest absolute Gasteiger partial charge is 0.254 e. The van der Waals surface area contributed by atoms with E-state index in [-0.39, 0.29) is 74.2 Å². The number of carbonyl (C=O) groups excluding carboxylic acids is 11. The van der Waals surface area contributed by atoms with Gasteiger partial charge in [-0.3, -0.25) is 83.6 Å². The zero-order chi connectivity index (χ0) is 81.9. The number of nitrogens with zero attached hydrogens (tertiary/aromatic N) is 10. The fourth-order valence-corrected chi connectivity index (χ4v) is 15.8. The first kappa shape index (κ1) is 78.6. The van der Waals surface area contributed by atoms with Crippen LogP contribution in [0.5, 0.6) is 23.0 Å². The number of carbonyl (C=O) groups is 11. The zero-order valence-electron chi connectivity index (χ0n) is 64.9. The van der Waals surface area contributed by atoms with E-state index in [4.69, 9.17) is 14.2 Å². The summed E-state index contributed by atoms with van der Waals surface area (Å²) in [5, 5.41) is 17.3. The number of ether oxygens (including phenoxy) is 3. The van der Waals surface area contributed by atoms with Gasteiger partial charge in [0.05, 0.1) is 52.8 Å². The molecular formula is C89H83N13O15. The summed E-state index contributed by atoms with van der Waals surface area (Å²) in [5.41, 5.74) is 5.22. The maximum Gasteiger partial charge on any atom is 0.254 e. The van der Waals surface area contributed by atoms with Crippen LogP contribution in [0.15, 0.2) is 145 Å². The highest BCUT2D eigenvalue weighted by Gasteiger charge is 2.52. The van der Waals surface area contributed by atoms with Crippen LogP contribution < -0.4 is 30.2 Å². The van der Waals surface area contributed by atoms with Crippen LogP contribution in [0.3, 0.4) is 0 Å². The minimum absolute atomic E-state index is 0.00317. The summed E-state index contributed by atoms with van der Waals surface area (Å²) in [5.74, 6) is 16.3. The highest BCUT2D eigenvalue weighted by Crippen LogP contribution is 2.39. The quantitative estimate of drug-likeness (QED) is 0.0723. The number of likely N-dealkylation sites (N-methyl/N-ethyl adjacent to an activating group) is 1. The molecule has 1 saturated carbocycles. The van der Waals surface area contributed by atoms with Crippen molar-refractivity contribution in [1.82, 2.24) is 60.2 Å². The van der Waals surface area contributed by atoms with Crippen LogP contribution in [-0.2, 0) is 48.4 Å². The Kier molecular flexibility index (Phi) is 22.2. The van der Waals surface area contributed by atoms with Crippen molar-refractivity contribution in [3.63, 3.8) is 0 Å². The van der Waals surface area contributed by atoms with Crippen LogP contribution in [0.4, 0.5) is 0 Å². The van der Waals surface area contributed by atoms with E-state index in [1.807, 2.05) is 34.1 Å². The third-order valence-electron chi connectivity index (χ3n) is 22.6. The number of aromatic nitrogens is 2. The third kappa shape index (κ3) is 16.7. The van der Waals surface area contributed by atoms with Gasteiger partial charge in [-0.15, -0.1) is 0 Å². The molecule has 6 fully saturated rings. The second-order valence-corrected chi connectivity index (χ2v) is 30.3. The summed E-state index contributed by atoms with van der Waals surface area (Å²) >= 11 is 0. The van der Waals surface area contributed by atoms with Crippen molar-refractivity contribution in [2.75, 3.05) is 106 Å². The Morgan fingerprint density at radius 3 is 1.30 bits per heavy atom. The highest BCUT2D eigenvalue weighted by atomic mass is 16.5. The molecule has 594 valence electrons. The van der Waals surface area contributed by atoms with Gasteiger partial charge in [-0.05, 0) is 139 Å². The molecular weight excluding hydrogens is 1490 g/mol. The molecule has 0 spiro atoms. The Bertz CT molecular complexity index is 5550. The van der Waals surface area contributed by atoms with Crippen LogP contribution in [0.25, 0.3) is 16.8 Å². The van der Waals surface area contributed by atoms with E-state index in [2.05, 4.69) is 83.2 Å². The molecule has 11 amide bonds. The molecule has 117 heavy (non-hydrogen) atoms. The number of hydrogen-bond acceptors (Lipinski definition) is 20. The largest absolute Gasteiger partial charge is 0.506 e. The van der Waals surface area contributed by atoms with Gasteiger partial charge in [0.2, 0.25) is 35.4 Å². The van der Waals surface area contributed by atoms with E-state index in [0.29, 0.717) is 124 Å². The van der Waals surface area contributed by atoms with Gasteiger partial charge in [-0.2, -0.15) is 0 Å². The van der Waals surface area contributed by atoms with Gasteiger partial charge in [0.15, 0.2) is 0 Å². The van der Waals surface area contributed by atoms with Crippen molar-refractivity contribution < 1.29 is 72.1 Å². The van der Waals surface area contributed by atoms with Gasteiger partial charge >= 0.3 is 0 Å². The zero-order valence-corrected chi connectivity index (χ0v) is 64.9. The van der Waals surface area contributed by atoms with Crippen LogP contribution in [-0.4, -0.2) is 233 Å². The van der Waals surface area contributed by atoms with Crippen molar-refractivity contribution in [3.05, 3.63) is 207 Å². The number of pyridine rings is 2. The van der Waals surface area contributed by atoms with E-state index in [1.54, 1.807) is 132 Å². The molecule has 7 aromatic rings. The van der Waals surface area contributed by atoms with Gasteiger partial charge in [0, 0.05) is 172 Å². The number of amides is 11. The normalized spacial score (nSPS) is 21.1. The number of imide groups is 3. The summed E-state index contributed by atoms with van der Waals surface area (Å²) in [6.45, 7) is 11.0. The topological polar surface area (TPSA) is 333 Å². The Balaban J connectivity index is 0.000000138. The fourth-order valence-electron chi connectivity index (χ4n) is 15.8. The molecule has 28 nitrogen and oxygen atoms in total. The molecule has 11 heterocycles. The van der Waals surface area contributed by atoms with Crippen LogP contribution >= 0.6 is 0 Å². The molecule has 2 aromatic heterocycles. The molecule has 28 heteroatoms.